The van der Waals surface area contributed by atoms with E-state index in [-0.39, 0.29) is 6.42 Å². The molecule has 0 radical (unpaired) electrons. The normalized spacial score (nSPS) is 21.7. The third kappa shape index (κ3) is 2.45. The smallest absolute Gasteiger partial charge is 0.326 e. The molecule has 2 atom stereocenters. The third-order valence-corrected chi connectivity index (χ3v) is 2.49. The summed E-state index contributed by atoms with van der Waals surface area (Å²) < 4.78 is 0. The Morgan fingerprint density at radius 2 is 2.00 bits per heavy atom. The van der Waals surface area contributed by atoms with Gasteiger partial charge < -0.3 is 15.1 Å². The molecule has 0 saturated carbocycles. The van der Waals surface area contributed by atoms with Gasteiger partial charge in [-0.15, -0.1) is 0 Å². The first-order valence-corrected chi connectivity index (χ1v) is 4.68. The van der Waals surface area contributed by atoms with Gasteiger partial charge in [0.2, 0.25) is 5.91 Å². The van der Waals surface area contributed by atoms with Crippen LogP contribution in [-0.4, -0.2) is 45.5 Å². The topological polar surface area (TPSA) is 94.9 Å². The number of carbonyl (C=O) groups excluding carboxylic acids is 1. The van der Waals surface area contributed by atoms with Crippen molar-refractivity contribution in [2.75, 3.05) is 6.54 Å². The molecule has 1 saturated heterocycles. The van der Waals surface area contributed by atoms with Crippen LogP contribution >= 0.6 is 0 Å². The van der Waals surface area contributed by atoms with Gasteiger partial charge in [0.05, 0.1) is 6.42 Å². The lowest BCUT2D eigenvalue weighted by Crippen LogP contribution is -2.56. The predicted molar refractivity (Wildman–Crippen MR) is 49.2 cm³/mol. The van der Waals surface area contributed by atoms with Gasteiger partial charge in [0.1, 0.15) is 6.04 Å². The molecule has 84 valence electrons. The van der Waals surface area contributed by atoms with Crippen LogP contribution in [0.1, 0.15) is 19.8 Å². The number of nitrogens with zero attached hydrogens (tertiary/aromatic N) is 1. The van der Waals surface area contributed by atoms with Gasteiger partial charge in [-0.05, 0) is 6.42 Å². The number of carboxylic acids is 2. The lowest BCUT2D eigenvalue weighted by molar-refractivity contribution is -0.160. The molecule has 0 bridgehead atoms. The van der Waals surface area contributed by atoms with E-state index < -0.39 is 29.8 Å². The van der Waals surface area contributed by atoms with E-state index in [1.54, 1.807) is 0 Å². The summed E-state index contributed by atoms with van der Waals surface area (Å²) in [6.45, 7) is 1.90. The van der Waals surface area contributed by atoms with E-state index in [1.807, 2.05) is 0 Å². The number of amides is 1. The van der Waals surface area contributed by atoms with E-state index in [0.29, 0.717) is 13.0 Å². The Hall–Kier alpha value is -1.59. The van der Waals surface area contributed by atoms with Gasteiger partial charge in [-0.2, -0.15) is 0 Å². The molecular weight excluding hydrogens is 202 g/mol. The number of likely N-dealkylation sites (tertiary alicyclic amines) is 1. The van der Waals surface area contributed by atoms with Crippen LogP contribution in [-0.2, 0) is 14.4 Å². The minimum Gasteiger partial charge on any atom is -0.481 e. The van der Waals surface area contributed by atoms with Crippen molar-refractivity contribution in [2.24, 2.45) is 5.92 Å². The Kier molecular flexibility index (Phi) is 3.28. The summed E-state index contributed by atoms with van der Waals surface area (Å²) in [5, 5.41) is 17.2. The lowest BCUT2D eigenvalue weighted by atomic mass is 9.98. The Bertz CT molecular complexity index is 301. The molecule has 0 spiro atoms. The van der Waals surface area contributed by atoms with E-state index in [0.717, 1.165) is 0 Å². The minimum absolute atomic E-state index is 0.262. The molecule has 1 aliphatic rings. The molecule has 1 amide bonds. The molecule has 0 aliphatic carbocycles. The molecule has 0 aromatic carbocycles. The average molecular weight is 215 g/mol. The Morgan fingerprint density at radius 3 is 2.33 bits per heavy atom. The summed E-state index contributed by atoms with van der Waals surface area (Å²) in [5.41, 5.74) is 0. The van der Waals surface area contributed by atoms with Gasteiger partial charge in [-0.3, -0.25) is 9.59 Å². The molecule has 2 unspecified atom stereocenters. The monoisotopic (exact) mass is 215 g/mol. The Morgan fingerprint density at radius 1 is 1.40 bits per heavy atom. The van der Waals surface area contributed by atoms with Crippen molar-refractivity contribution in [3.05, 3.63) is 0 Å². The number of hydrogen-bond acceptors (Lipinski definition) is 3. The summed E-state index contributed by atoms with van der Waals surface area (Å²) >= 11 is 0. The molecule has 6 heteroatoms. The molecule has 0 aromatic heterocycles. The van der Waals surface area contributed by atoms with Gasteiger partial charge >= 0.3 is 11.9 Å². The van der Waals surface area contributed by atoms with Gasteiger partial charge in [-0.1, -0.05) is 6.92 Å². The fourth-order valence-electron chi connectivity index (χ4n) is 1.54. The van der Waals surface area contributed by atoms with Crippen LogP contribution in [0.4, 0.5) is 0 Å². The van der Waals surface area contributed by atoms with Crippen molar-refractivity contribution >= 4 is 17.8 Å². The van der Waals surface area contributed by atoms with E-state index in [2.05, 4.69) is 0 Å². The van der Waals surface area contributed by atoms with Crippen molar-refractivity contribution in [1.82, 2.24) is 4.90 Å². The highest BCUT2D eigenvalue weighted by molar-refractivity contribution is 5.88. The molecular formula is C9H13NO5. The van der Waals surface area contributed by atoms with Crippen LogP contribution in [0.3, 0.4) is 0 Å². The fraction of sp³-hybridized carbons (Fsp3) is 0.667. The Balaban J connectivity index is 2.53. The number of hydrogen-bond donors (Lipinski definition) is 2. The second-order valence-corrected chi connectivity index (χ2v) is 3.67. The highest BCUT2D eigenvalue weighted by atomic mass is 16.4. The van der Waals surface area contributed by atoms with E-state index in [9.17, 15) is 14.4 Å². The number of rotatable bonds is 4. The molecule has 1 rings (SSSR count). The molecule has 15 heavy (non-hydrogen) atoms. The quantitative estimate of drug-likeness (QED) is 0.676. The number of carbonyl (C=O) groups is 3. The number of aliphatic carboxylic acids is 2. The Labute approximate surface area is 86.5 Å². The standard InChI is InChI=1S/C9H13NO5/c1-5(4-7(11)12)8(13)10-3-2-6(10)9(14)15/h5-6H,2-4H2,1H3,(H,11,12)(H,14,15). The summed E-state index contributed by atoms with van der Waals surface area (Å²) in [4.78, 5) is 33.8. The largest absolute Gasteiger partial charge is 0.481 e. The SMILES string of the molecule is CC(CC(=O)O)C(=O)N1CCC1C(=O)O. The molecule has 6 nitrogen and oxygen atoms in total. The fourth-order valence-corrected chi connectivity index (χ4v) is 1.54. The van der Waals surface area contributed by atoms with Gasteiger partial charge in [0.15, 0.2) is 0 Å². The van der Waals surface area contributed by atoms with Crippen LogP contribution in [0.2, 0.25) is 0 Å². The first-order valence-electron chi connectivity index (χ1n) is 4.68. The second-order valence-electron chi connectivity index (χ2n) is 3.67. The maximum absolute atomic E-state index is 11.6. The van der Waals surface area contributed by atoms with E-state index in [4.69, 9.17) is 10.2 Å². The van der Waals surface area contributed by atoms with E-state index in [1.165, 1.54) is 11.8 Å². The highest BCUT2D eigenvalue weighted by Crippen LogP contribution is 2.21. The highest BCUT2D eigenvalue weighted by Gasteiger charge is 2.39. The van der Waals surface area contributed by atoms with Crippen molar-refractivity contribution < 1.29 is 24.6 Å². The van der Waals surface area contributed by atoms with Crippen molar-refractivity contribution in [2.45, 2.75) is 25.8 Å². The zero-order valence-corrected chi connectivity index (χ0v) is 8.34. The summed E-state index contributed by atoms with van der Waals surface area (Å²) in [5.74, 6) is -3.14. The third-order valence-electron chi connectivity index (χ3n) is 2.49. The molecule has 1 heterocycles. The van der Waals surface area contributed by atoms with Crippen LogP contribution in [0.5, 0.6) is 0 Å². The van der Waals surface area contributed by atoms with Crippen molar-refractivity contribution in [1.29, 1.82) is 0 Å². The second kappa shape index (κ2) is 4.29. The zero-order chi connectivity index (χ0) is 11.6. The predicted octanol–water partition coefficient (Wildman–Crippen LogP) is -0.217. The summed E-state index contributed by atoms with van der Waals surface area (Å²) in [6.07, 6.45) is 0.183. The van der Waals surface area contributed by atoms with Crippen LogP contribution in [0.25, 0.3) is 0 Å². The van der Waals surface area contributed by atoms with Crippen LogP contribution < -0.4 is 0 Å². The van der Waals surface area contributed by atoms with Crippen LogP contribution in [0, 0.1) is 5.92 Å². The maximum atomic E-state index is 11.6. The minimum atomic E-state index is -1.05. The number of carboxylic acid groups (broad SMARTS) is 2. The molecule has 1 fully saturated rings. The molecule has 1 aliphatic heterocycles. The van der Waals surface area contributed by atoms with Gasteiger partial charge in [-0.25, -0.2) is 4.79 Å². The first kappa shape index (κ1) is 11.5. The lowest BCUT2D eigenvalue weighted by Gasteiger charge is -2.39. The zero-order valence-electron chi connectivity index (χ0n) is 8.34. The average Bonchev–Trinajstić information content (AvgIpc) is 1.99. The molecule has 0 aromatic rings. The summed E-state index contributed by atoms with van der Waals surface area (Å²) in [7, 11) is 0. The summed E-state index contributed by atoms with van der Waals surface area (Å²) in [6, 6.07) is -0.770. The van der Waals surface area contributed by atoms with Gasteiger partial charge in [0, 0.05) is 12.5 Å². The van der Waals surface area contributed by atoms with Crippen molar-refractivity contribution in [3.63, 3.8) is 0 Å². The van der Waals surface area contributed by atoms with Gasteiger partial charge in [0.25, 0.3) is 0 Å². The first-order chi connectivity index (χ1) is 6.93. The van der Waals surface area contributed by atoms with Crippen molar-refractivity contribution in [3.8, 4) is 0 Å². The maximum Gasteiger partial charge on any atom is 0.326 e. The van der Waals surface area contributed by atoms with Crippen LogP contribution in [0.15, 0.2) is 0 Å². The molecule has 2 N–H and O–H groups in total. The van der Waals surface area contributed by atoms with E-state index >= 15 is 0 Å².